The number of hydrogen-bond donors (Lipinski definition) is 5. The fourth-order valence-corrected chi connectivity index (χ4v) is 2.05. The van der Waals surface area contributed by atoms with E-state index in [1.165, 1.54) is 0 Å². The highest BCUT2D eigenvalue weighted by atomic mass is 16.6. The second kappa shape index (κ2) is 7.76. The highest BCUT2D eigenvalue weighted by Gasteiger charge is 2.44. The number of carbonyl (C=O) groups is 1. The standard InChI is InChI=1S/C12H23NO6/c1-2-3-4-5-8(15)13-9-11(17)10(16)7(6-14)19-12(9)18/h7,9-12,14,16-18H,2-6H2,1H3,(H,13,15)/t7-,9-,10-,11-,12?/m1/s1. The van der Waals surface area contributed by atoms with Crippen molar-refractivity contribution < 1.29 is 30.0 Å². The Hall–Kier alpha value is -0.730. The van der Waals surface area contributed by atoms with Crippen LogP contribution in [0.25, 0.3) is 0 Å². The van der Waals surface area contributed by atoms with Crippen molar-refractivity contribution in [3.8, 4) is 0 Å². The van der Waals surface area contributed by atoms with Gasteiger partial charge in [-0.3, -0.25) is 4.79 Å². The van der Waals surface area contributed by atoms with E-state index in [9.17, 15) is 20.1 Å². The van der Waals surface area contributed by atoms with E-state index in [4.69, 9.17) is 9.84 Å². The van der Waals surface area contributed by atoms with Crippen molar-refractivity contribution in [1.29, 1.82) is 0 Å². The second-order valence-corrected chi connectivity index (χ2v) is 4.78. The maximum Gasteiger partial charge on any atom is 0.220 e. The molecule has 1 unspecified atom stereocenters. The number of ether oxygens (including phenoxy) is 1. The summed E-state index contributed by atoms with van der Waals surface area (Å²) in [6.07, 6.45) is -2.31. The van der Waals surface area contributed by atoms with E-state index in [0.717, 1.165) is 19.3 Å². The van der Waals surface area contributed by atoms with Crippen LogP contribution in [0.1, 0.15) is 32.6 Å². The Balaban J connectivity index is 2.50. The van der Waals surface area contributed by atoms with E-state index >= 15 is 0 Å². The predicted octanol–water partition coefficient (Wildman–Crippen LogP) is -1.52. The third-order valence-electron chi connectivity index (χ3n) is 3.24. The van der Waals surface area contributed by atoms with Gasteiger partial charge in [-0.05, 0) is 6.42 Å². The summed E-state index contributed by atoms with van der Waals surface area (Å²) in [5, 5.41) is 40.5. The van der Waals surface area contributed by atoms with Crippen LogP contribution in [0.3, 0.4) is 0 Å². The smallest absolute Gasteiger partial charge is 0.220 e. The van der Waals surface area contributed by atoms with Crippen LogP contribution in [0.2, 0.25) is 0 Å². The largest absolute Gasteiger partial charge is 0.394 e. The lowest BCUT2D eigenvalue weighted by atomic mass is 9.97. The number of aliphatic hydroxyl groups is 4. The number of rotatable bonds is 6. The first-order valence-corrected chi connectivity index (χ1v) is 6.61. The van der Waals surface area contributed by atoms with Crippen molar-refractivity contribution in [3.63, 3.8) is 0 Å². The number of amides is 1. The Morgan fingerprint density at radius 1 is 1.21 bits per heavy atom. The number of hydrogen-bond acceptors (Lipinski definition) is 6. The highest BCUT2D eigenvalue weighted by Crippen LogP contribution is 2.19. The van der Waals surface area contributed by atoms with Crippen molar-refractivity contribution in [2.75, 3.05) is 6.61 Å². The normalized spacial score (nSPS) is 35.1. The highest BCUT2D eigenvalue weighted by molar-refractivity contribution is 5.76. The van der Waals surface area contributed by atoms with Crippen molar-refractivity contribution >= 4 is 5.91 Å². The summed E-state index contributed by atoms with van der Waals surface area (Å²) >= 11 is 0. The molecule has 1 saturated heterocycles. The second-order valence-electron chi connectivity index (χ2n) is 4.78. The zero-order valence-electron chi connectivity index (χ0n) is 11.0. The minimum Gasteiger partial charge on any atom is -0.394 e. The molecule has 0 aromatic rings. The molecule has 0 spiro atoms. The molecule has 7 nitrogen and oxygen atoms in total. The van der Waals surface area contributed by atoms with Gasteiger partial charge in [0.2, 0.25) is 5.91 Å². The molecular weight excluding hydrogens is 254 g/mol. The van der Waals surface area contributed by atoms with Gasteiger partial charge in [0.25, 0.3) is 0 Å². The van der Waals surface area contributed by atoms with Gasteiger partial charge in [0.1, 0.15) is 24.4 Å². The van der Waals surface area contributed by atoms with Gasteiger partial charge in [0.15, 0.2) is 6.29 Å². The van der Waals surface area contributed by atoms with Crippen LogP contribution in [0.4, 0.5) is 0 Å². The maximum atomic E-state index is 11.6. The average Bonchev–Trinajstić information content (AvgIpc) is 2.39. The molecule has 1 heterocycles. The summed E-state index contributed by atoms with van der Waals surface area (Å²) in [6, 6.07) is -1.09. The van der Waals surface area contributed by atoms with Gasteiger partial charge >= 0.3 is 0 Å². The number of aliphatic hydroxyl groups excluding tert-OH is 4. The quantitative estimate of drug-likeness (QED) is 0.376. The lowest BCUT2D eigenvalue weighted by Gasteiger charge is -2.40. The van der Waals surface area contributed by atoms with Gasteiger partial charge in [0, 0.05) is 6.42 Å². The van der Waals surface area contributed by atoms with Gasteiger partial charge < -0.3 is 30.5 Å². The summed E-state index contributed by atoms with van der Waals surface area (Å²) in [6.45, 7) is 1.50. The van der Waals surface area contributed by atoms with Crippen molar-refractivity contribution in [3.05, 3.63) is 0 Å². The van der Waals surface area contributed by atoms with Crippen LogP contribution >= 0.6 is 0 Å². The van der Waals surface area contributed by atoms with Crippen LogP contribution in [0.5, 0.6) is 0 Å². The number of carbonyl (C=O) groups excluding carboxylic acids is 1. The predicted molar refractivity (Wildman–Crippen MR) is 66.1 cm³/mol. The SMILES string of the molecule is CCCCCC(=O)N[C@H]1C(O)O[C@H](CO)[C@@H](O)[C@@H]1O. The molecule has 19 heavy (non-hydrogen) atoms. The van der Waals surface area contributed by atoms with Crippen molar-refractivity contribution in [2.24, 2.45) is 0 Å². The minimum atomic E-state index is -1.45. The van der Waals surface area contributed by atoms with Crippen molar-refractivity contribution in [2.45, 2.75) is 63.3 Å². The maximum absolute atomic E-state index is 11.6. The van der Waals surface area contributed by atoms with Crippen LogP contribution in [-0.2, 0) is 9.53 Å². The minimum absolute atomic E-state index is 0.295. The van der Waals surface area contributed by atoms with Crippen molar-refractivity contribution in [1.82, 2.24) is 5.32 Å². The van der Waals surface area contributed by atoms with E-state index < -0.39 is 37.3 Å². The van der Waals surface area contributed by atoms with E-state index in [1.54, 1.807) is 0 Å². The molecule has 0 bridgehead atoms. The topological polar surface area (TPSA) is 119 Å². The molecule has 0 aliphatic carbocycles. The lowest BCUT2D eigenvalue weighted by molar-refractivity contribution is -0.253. The first-order chi connectivity index (χ1) is 9.01. The molecular formula is C12H23NO6. The molecule has 5 atom stereocenters. The summed E-state index contributed by atoms with van der Waals surface area (Å²) in [4.78, 5) is 11.6. The average molecular weight is 277 g/mol. The molecule has 1 rings (SSSR count). The van der Waals surface area contributed by atoms with Gasteiger partial charge in [0.05, 0.1) is 6.61 Å². The summed E-state index contributed by atoms with van der Waals surface area (Å²) < 4.78 is 4.94. The van der Waals surface area contributed by atoms with Crippen LogP contribution in [0, 0.1) is 0 Å². The summed E-state index contributed by atoms with van der Waals surface area (Å²) in [5.41, 5.74) is 0. The van der Waals surface area contributed by atoms with Crippen LogP contribution in [-0.4, -0.2) is 63.6 Å². The molecule has 0 aromatic heterocycles. The Bertz CT molecular complexity index is 287. The first kappa shape index (κ1) is 16.3. The third kappa shape index (κ3) is 4.39. The summed E-state index contributed by atoms with van der Waals surface area (Å²) in [5.74, 6) is -0.310. The molecule has 112 valence electrons. The fraction of sp³-hybridized carbons (Fsp3) is 0.917. The van der Waals surface area contributed by atoms with E-state index in [0.29, 0.717) is 6.42 Å². The molecule has 7 heteroatoms. The Morgan fingerprint density at radius 2 is 1.89 bits per heavy atom. The van der Waals surface area contributed by atoms with Gasteiger partial charge in [-0.1, -0.05) is 19.8 Å². The Kier molecular flexibility index (Phi) is 6.67. The van der Waals surface area contributed by atoms with Gasteiger partial charge in [-0.2, -0.15) is 0 Å². The zero-order valence-corrected chi connectivity index (χ0v) is 11.0. The molecule has 1 fully saturated rings. The number of nitrogens with one attached hydrogen (secondary N) is 1. The lowest BCUT2D eigenvalue weighted by Crippen LogP contribution is -2.64. The van der Waals surface area contributed by atoms with E-state index in [-0.39, 0.29) is 5.91 Å². The number of unbranched alkanes of at least 4 members (excludes halogenated alkanes) is 2. The Morgan fingerprint density at radius 3 is 2.47 bits per heavy atom. The Labute approximate surface area is 112 Å². The molecule has 0 saturated carbocycles. The third-order valence-corrected chi connectivity index (χ3v) is 3.24. The zero-order chi connectivity index (χ0) is 14.4. The summed E-state index contributed by atoms with van der Waals surface area (Å²) in [7, 11) is 0. The molecule has 1 aliphatic heterocycles. The first-order valence-electron chi connectivity index (χ1n) is 6.61. The van der Waals surface area contributed by atoms with Gasteiger partial charge in [-0.15, -0.1) is 0 Å². The van der Waals surface area contributed by atoms with E-state index in [2.05, 4.69) is 5.32 Å². The molecule has 0 aromatic carbocycles. The molecule has 5 N–H and O–H groups in total. The van der Waals surface area contributed by atoms with Crippen LogP contribution in [0.15, 0.2) is 0 Å². The monoisotopic (exact) mass is 277 g/mol. The fourth-order valence-electron chi connectivity index (χ4n) is 2.05. The van der Waals surface area contributed by atoms with E-state index in [1.807, 2.05) is 6.92 Å². The van der Waals surface area contributed by atoms with Gasteiger partial charge in [-0.25, -0.2) is 0 Å². The molecule has 1 aliphatic rings. The molecule has 1 amide bonds. The molecule has 0 radical (unpaired) electrons. The van der Waals surface area contributed by atoms with Crippen LogP contribution < -0.4 is 5.32 Å².